The molecular weight excluding hydrogens is 344 g/mol. The Balaban J connectivity index is 3.36. The van der Waals surface area contributed by atoms with Gasteiger partial charge in [-0.15, -0.1) is 0 Å². The van der Waals surface area contributed by atoms with E-state index in [1.54, 1.807) is 0 Å². The average Bonchev–Trinajstić information content (AvgIpc) is 2.30. The van der Waals surface area contributed by atoms with Crippen LogP contribution < -0.4 is 5.73 Å². The van der Waals surface area contributed by atoms with E-state index in [1.165, 1.54) is 19.2 Å². The number of sulfonamides is 1. The summed E-state index contributed by atoms with van der Waals surface area (Å²) < 4.78 is 26.0. The summed E-state index contributed by atoms with van der Waals surface area (Å²) in [5, 5.41) is 0.0855. The van der Waals surface area contributed by atoms with E-state index in [0.717, 1.165) is 4.47 Å². The Morgan fingerprint density at radius 3 is 2.61 bits per heavy atom. The van der Waals surface area contributed by atoms with Crippen LogP contribution in [0.3, 0.4) is 0 Å². The molecule has 18 heavy (non-hydrogen) atoms. The summed E-state index contributed by atoms with van der Waals surface area (Å²) in [6.07, 6.45) is 0.619. The van der Waals surface area contributed by atoms with Crippen molar-refractivity contribution in [2.45, 2.75) is 18.2 Å². The number of benzene rings is 1. The fourth-order valence-corrected chi connectivity index (χ4v) is 3.84. The Morgan fingerprint density at radius 1 is 1.50 bits per heavy atom. The minimum absolute atomic E-state index is 0.0775. The predicted molar refractivity (Wildman–Crippen MR) is 74.8 cm³/mol. The second-order valence-corrected chi connectivity index (χ2v) is 6.56. The third-order valence-corrected chi connectivity index (χ3v) is 5.29. The second-order valence-electron chi connectivity index (χ2n) is 3.53. The molecule has 0 spiro atoms. The zero-order valence-electron chi connectivity index (χ0n) is 9.98. The van der Waals surface area contributed by atoms with Crippen LogP contribution >= 0.6 is 27.5 Å². The van der Waals surface area contributed by atoms with Gasteiger partial charge in [0.05, 0.1) is 12.1 Å². The maximum atomic E-state index is 12.3. The molecule has 102 valence electrons. The highest BCUT2D eigenvalue weighted by Crippen LogP contribution is 2.33. The first-order valence-corrected chi connectivity index (χ1v) is 7.77. The first-order chi connectivity index (χ1) is 8.34. The molecule has 8 heteroatoms. The highest BCUT2D eigenvalue weighted by atomic mass is 79.9. The Morgan fingerprint density at radius 2 is 2.11 bits per heavy atom. The van der Waals surface area contributed by atoms with E-state index in [2.05, 4.69) is 15.9 Å². The van der Waals surface area contributed by atoms with Crippen LogP contribution in [0, 0.1) is 0 Å². The number of nitrogen functional groups attached to an aromatic ring is 1. The molecule has 0 aliphatic carbocycles. The summed E-state index contributed by atoms with van der Waals surface area (Å²) in [6, 6.07) is 2.85. The molecule has 1 rings (SSSR count). The van der Waals surface area contributed by atoms with Gasteiger partial charge in [-0.1, -0.05) is 23.0 Å². The number of hydrogen-bond acceptors (Lipinski definition) is 4. The molecular formula is C10H14BrClN2O3S. The molecule has 0 fully saturated rings. The van der Waals surface area contributed by atoms with Gasteiger partial charge in [-0.3, -0.25) is 4.84 Å². The summed E-state index contributed by atoms with van der Waals surface area (Å²) in [7, 11) is -2.53. The quantitative estimate of drug-likeness (QED) is 0.649. The molecule has 0 bridgehead atoms. The van der Waals surface area contributed by atoms with Gasteiger partial charge < -0.3 is 5.73 Å². The van der Waals surface area contributed by atoms with Gasteiger partial charge in [0.25, 0.3) is 10.0 Å². The number of anilines is 1. The van der Waals surface area contributed by atoms with Crippen LogP contribution in [-0.4, -0.2) is 26.5 Å². The van der Waals surface area contributed by atoms with Crippen molar-refractivity contribution < 1.29 is 13.3 Å². The lowest BCUT2D eigenvalue weighted by Crippen LogP contribution is -2.31. The van der Waals surface area contributed by atoms with E-state index in [4.69, 9.17) is 22.2 Å². The molecule has 0 unspecified atom stereocenters. The van der Waals surface area contributed by atoms with Crippen LogP contribution in [-0.2, 0) is 14.9 Å². The van der Waals surface area contributed by atoms with Gasteiger partial charge in [0, 0.05) is 16.7 Å². The Hall–Kier alpha value is -0.340. The lowest BCUT2D eigenvalue weighted by atomic mass is 10.3. The van der Waals surface area contributed by atoms with Gasteiger partial charge in [-0.05, 0) is 34.5 Å². The van der Waals surface area contributed by atoms with Crippen LogP contribution in [0.4, 0.5) is 5.69 Å². The second kappa shape index (κ2) is 6.21. The van der Waals surface area contributed by atoms with E-state index in [-0.39, 0.29) is 16.5 Å². The van der Waals surface area contributed by atoms with Crippen molar-refractivity contribution in [2.75, 3.05) is 19.4 Å². The standard InChI is InChI=1S/C10H14BrClN2O3S/c1-3-4-14(17-2)18(15,16)9-6-7(13)5-8(11)10(9)12/h5-6H,3-4,13H2,1-2H3. The fraction of sp³-hybridized carbons (Fsp3) is 0.400. The van der Waals surface area contributed by atoms with Crippen LogP contribution in [0.5, 0.6) is 0 Å². The largest absolute Gasteiger partial charge is 0.399 e. The molecule has 0 heterocycles. The minimum Gasteiger partial charge on any atom is -0.399 e. The number of nitrogens with zero attached hydrogens (tertiary/aromatic N) is 1. The number of hydrogen-bond donors (Lipinski definition) is 1. The van der Waals surface area contributed by atoms with Crippen LogP contribution in [0.1, 0.15) is 13.3 Å². The molecule has 0 saturated carbocycles. The van der Waals surface area contributed by atoms with E-state index in [0.29, 0.717) is 16.6 Å². The van der Waals surface area contributed by atoms with Crippen molar-refractivity contribution in [3.63, 3.8) is 0 Å². The van der Waals surface area contributed by atoms with Gasteiger partial charge >= 0.3 is 0 Å². The average molecular weight is 358 g/mol. The first kappa shape index (κ1) is 15.7. The lowest BCUT2D eigenvalue weighted by molar-refractivity contribution is -0.0482. The van der Waals surface area contributed by atoms with Gasteiger partial charge in [-0.25, -0.2) is 8.42 Å². The summed E-state index contributed by atoms with van der Waals surface area (Å²) in [5.74, 6) is 0. The third kappa shape index (κ3) is 3.16. The van der Waals surface area contributed by atoms with Gasteiger partial charge in [0.15, 0.2) is 0 Å². The Kier molecular flexibility index (Phi) is 5.42. The summed E-state index contributed by atoms with van der Waals surface area (Å²) >= 11 is 9.15. The zero-order valence-corrected chi connectivity index (χ0v) is 13.1. The van der Waals surface area contributed by atoms with Gasteiger partial charge in [-0.2, -0.15) is 0 Å². The SMILES string of the molecule is CCCN(OC)S(=O)(=O)c1cc(N)cc(Br)c1Cl. The number of nitrogens with two attached hydrogens (primary N) is 1. The normalized spacial score (nSPS) is 12.1. The molecule has 1 aromatic rings. The van der Waals surface area contributed by atoms with Crippen molar-refractivity contribution in [1.29, 1.82) is 0 Å². The van der Waals surface area contributed by atoms with Crippen LogP contribution in [0.15, 0.2) is 21.5 Å². The minimum atomic E-state index is -3.82. The molecule has 0 aromatic heterocycles. The number of hydroxylamine groups is 1. The molecule has 2 N–H and O–H groups in total. The van der Waals surface area contributed by atoms with Crippen LogP contribution in [0.2, 0.25) is 5.02 Å². The van der Waals surface area contributed by atoms with E-state index in [9.17, 15) is 8.42 Å². The van der Waals surface area contributed by atoms with Crippen molar-refractivity contribution in [2.24, 2.45) is 0 Å². The predicted octanol–water partition coefficient (Wildman–Crippen LogP) is 2.65. The molecule has 5 nitrogen and oxygen atoms in total. The maximum absolute atomic E-state index is 12.3. The molecule has 0 aliphatic rings. The van der Waals surface area contributed by atoms with E-state index >= 15 is 0 Å². The Bertz CT molecular complexity index is 536. The molecule has 1 aromatic carbocycles. The summed E-state index contributed by atoms with van der Waals surface area (Å²) in [5.41, 5.74) is 5.93. The Labute approximate surface area is 120 Å². The monoisotopic (exact) mass is 356 g/mol. The maximum Gasteiger partial charge on any atom is 0.266 e. The fourth-order valence-electron chi connectivity index (χ4n) is 1.37. The highest BCUT2D eigenvalue weighted by molar-refractivity contribution is 9.10. The lowest BCUT2D eigenvalue weighted by Gasteiger charge is -2.20. The number of halogens is 2. The first-order valence-electron chi connectivity index (χ1n) is 5.16. The van der Waals surface area contributed by atoms with Crippen molar-refractivity contribution >= 4 is 43.2 Å². The number of rotatable bonds is 5. The zero-order chi connectivity index (χ0) is 13.9. The van der Waals surface area contributed by atoms with Crippen molar-refractivity contribution in [3.05, 3.63) is 21.6 Å². The molecule has 0 saturated heterocycles. The van der Waals surface area contributed by atoms with Gasteiger partial charge in [0.2, 0.25) is 0 Å². The van der Waals surface area contributed by atoms with E-state index < -0.39 is 10.0 Å². The molecule has 0 radical (unpaired) electrons. The van der Waals surface area contributed by atoms with Crippen molar-refractivity contribution in [1.82, 2.24) is 4.47 Å². The highest BCUT2D eigenvalue weighted by Gasteiger charge is 2.27. The third-order valence-electron chi connectivity index (χ3n) is 2.17. The molecule has 0 atom stereocenters. The van der Waals surface area contributed by atoms with Gasteiger partial charge in [0.1, 0.15) is 4.90 Å². The molecule has 0 amide bonds. The summed E-state index contributed by atoms with van der Waals surface area (Å²) in [4.78, 5) is 4.80. The van der Waals surface area contributed by atoms with Crippen LogP contribution in [0.25, 0.3) is 0 Å². The van der Waals surface area contributed by atoms with Crippen molar-refractivity contribution in [3.8, 4) is 0 Å². The topological polar surface area (TPSA) is 72.6 Å². The molecule has 0 aliphatic heterocycles. The summed E-state index contributed by atoms with van der Waals surface area (Å²) in [6.45, 7) is 2.08. The smallest absolute Gasteiger partial charge is 0.266 e. The van der Waals surface area contributed by atoms with E-state index in [1.807, 2.05) is 6.92 Å².